The van der Waals surface area contributed by atoms with Gasteiger partial charge in [-0.2, -0.15) is 0 Å². The van der Waals surface area contributed by atoms with Gasteiger partial charge in [0.2, 0.25) is 0 Å². The van der Waals surface area contributed by atoms with Crippen molar-refractivity contribution < 1.29 is 14.6 Å². The van der Waals surface area contributed by atoms with Gasteiger partial charge < -0.3 is 14.7 Å². The van der Waals surface area contributed by atoms with E-state index >= 15 is 0 Å². The van der Waals surface area contributed by atoms with Crippen LogP contribution in [0.5, 0.6) is 0 Å². The highest BCUT2D eigenvalue weighted by molar-refractivity contribution is 5.65. The number of hydrogen-bond acceptors (Lipinski definition) is 3. The van der Waals surface area contributed by atoms with Crippen LogP contribution in [0, 0.1) is 0 Å². The minimum absolute atomic E-state index is 0.0470. The summed E-state index contributed by atoms with van der Waals surface area (Å²) in [5.41, 5.74) is 0.0470. The summed E-state index contributed by atoms with van der Waals surface area (Å²) in [6.45, 7) is 6.75. The van der Waals surface area contributed by atoms with Gasteiger partial charge in [-0.15, -0.1) is 0 Å². The van der Waals surface area contributed by atoms with E-state index in [1.165, 1.54) is 4.90 Å². The average Bonchev–Trinajstić information content (AvgIpc) is 2.84. The van der Waals surface area contributed by atoms with Crippen molar-refractivity contribution >= 4 is 6.09 Å². The van der Waals surface area contributed by atoms with Crippen molar-refractivity contribution in [1.29, 1.82) is 0 Å². The van der Waals surface area contributed by atoms with E-state index in [-0.39, 0.29) is 5.60 Å². The van der Waals surface area contributed by atoms with E-state index in [4.69, 9.17) is 9.84 Å². The Bertz CT molecular complexity index is 232. The lowest BCUT2D eigenvalue weighted by molar-refractivity contribution is 0.0944. The topological polar surface area (TPSA) is 56.3 Å². The van der Waals surface area contributed by atoms with E-state index in [0.29, 0.717) is 13.1 Å². The molecular weight excluding hydrogens is 184 g/mol. The zero-order chi connectivity index (χ0) is 10.2. The van der Waals surface area contributed by atoms with E-state index in [2.05, 4.69) is 11.8 Å². The average molecular weight is 200 g/mol. The zero-order valence-electron chi connectivity index (χ0n) is 8.40. The molecule has 1 N–H and O–H groups in total. The van der Waals surface area contributed by atoms with Crippen molar-refractivity contribution in [1.82, 2.24) is 9.80 Å². The van der Waals surface area contributed by atoms with E-state index in [0.717, 1.165) is 26.2 Å². The fourth-order valence-corrected chi connectivity index (χ4v) is 1.78. The maximum atomic E-state index is 10.6. The quantitative estimate of drug-likeness (QED) is 0.641. The molecule has 1 atom stereocenters. The molecule has 1 amide bonds. The molecule has 2 rings (SSSR count). The third kappa shape index (κ3) is 2.16. The number of hydrogen-bond donors (Lipinski definition) is 1. The number of piperazine rings is 1. The third-order valence-corrected chi connectivity index (χ3v) is 2.84. The molecule has 5 heteroatoms. The van der Waals surface area contributed by atoms with Gasteiger partial charge in [-0.25, -0.2) is 4.79 Å². The summed E-state index contributed by atoms with van der Waals surface area (Å²) < 4.78 is 5.30. The molecule has 2 aliphatic rings. The third-order valence-electron chi connectivity index (χ3n) is 2.84. The predicted molar refractivity (Wildman–Crippen MR) is 50.4 cm³/mol. The van der Waals surface area contributed by atoms with Gasteiger partial charge in [-0.3, -0.25) is 4.90 Å². The van der Waals surface area contributed by atoms with Crippen LogP contribution in [0.25, 0.3) is 0 Å². The molecule has 0 aliphatic carbocycles. The second-order valence-electron chi connectivity index (χ2n) is 4.28. The second-order valence-corrected chi connectivity index (χ2v) is 4.28. The molecule has 5 nitrogen and oxygen atoms in total. The van der Waals surface area contributed by atoms with Crippen LogP contribution in [0.15, 0.2) is 0 Å². The fraction of sp³-hybridized carbons (Fsp3) is 0.889. The first kappa shape index (κ1) is 9.73. The minimum atomic E-state index is -0.807. The van der Waals surface area contributed by atoms with Gasteiger partial charge in [-0.05, 0) is 6.92 Å². The van der Waals surface area contributed by atoms with Crippen LogP contribution in [0.1, 0.15) is 6.92 Å². The summed E-state index contributed by atoms with van der Waals surface area (Å²) in [5, 5.41) is 8.75. The maximum absolute atomic E-state index is 10.6. The lowest BCUT2D eigenvalue weighted by Gasteiger charge is -2.33. The number of amides is 1. The standard InChI is InChI=1S/C9H16N2O3/c1-9(7-14-9)6-10-2-4-11(5-3-10)8(12)13/h2-7H2,1H3,(H,12,13). The van der Waals surface area contributed by atoms with Crippen LogP contribution >= 0.6 is 0 Å². The van der Waals surface area contributed by atoms with E-state index in [1.807, 2.05) is 0 Å². The van der Waals surface area contributed by atoms with Crippen molar-refractivity contribution in [3.05, 3.63) is 0 Å². The van der Waals surface area contributed by atoms with Gasteiger partial charge in [0.1, 0.15) is 5.60 Å². The number of nitrogens with zero attached hydrogens (tertiary/aromatic N) is 2. The van der Waals surface area contributed by atoms with E-state index in [1.54, 1.807) is 0 Å². The number of ether oxygens (including phenoxy) is 1. The molecule has 0 aromatic rings. The van der Waals surface area contributed by atoms with Crippen molar-refractivity contribution in [2.45, 2.75) is 12.5 Å². The number of carboxylic acid groups (broad SMARTS) is 1. The van der Waals surface area contributed by atoms with Gasteiger partial charge in [-0.1, -0.05) is 0 Å². The summed E-state index contributed by atoms with van der Waals surface area (Å²) in [5.74, 6) is 0. The van der Waals surface area contributed by atoms with Crippen LogP contribution in [0.2, 0.25) is 0 Å². The van der Waals surface area contributed by atoms with Gasteiger partial charge in [0.15, 0.2) is 0 Å². The Balaban J connectivity index is 1.75. The highest BCUT2D eigenvalue weighted by Gasteiger charge is 2.41. The van der Waals surface area contributed by atoms with Crippen molar-refractivity contribution in [3.8, 4) is 0 Å². The molecule has 80 valence electrons. The summed E-state index contributed by atoms with van der Waals surface area (Å²) >= 11 is 0. The Morgan fingerprint density at radius 3 is 2.43 bits per heavy atom. The van der Waals surface area contributed by atoms with Crippen LogP contribution in [-0.4, -0.2) is 65.9 Å². The fourth-order valence-electron chi connectivity index (χ4n) is 1.78. The van der Waals surface area contributed by atoms with Crippen molar-refractivity contribution in [2.24, 2.45) is 0 Å². The van der Waals surface area contributed by atoms with Gasteiger partial charge in [0, 0.05) is 32.7 Å². The molecule has 0 spiro atoms. The van der Waals surface area contributed by atoms with Gasteiger partial charge >= 0.3 is 6.09 Å². The normalized spacial score (nSPS) is 33.1. The first-order valence-electron chi connectivity index (χ1n) is 4.93. The lowest BCUT2D eigenvalue weighted by atomic mass is 10.2. The van der Waals surface area contributed by atoms with Gasteiger partial charge in [0.25, 0.3) is 0 Å². The highest BCUT2D eigenvalue weighted by Crippen LogP contribution is 2.27. The smallest absolute Gasteiger partial charge is 0.407 e. The summed E-state index contributed by atoms with van der Waals surface area (Å²) in [7, 11) is 0. The molecule has 0 saturated carbocycles. The molecular formula is C9H16N2O3. The zero-order valence-corrected chi connectivity index (χ0v) is 8.40. The largest absolute Gasteiger partial charge is 0.465 e. The Kier molecular flexibility index (Phi) is 2.36. The SMILES string of the molecule is CC1(CN2CCN(C(=O)O)CC2)CO1. The molecule has 0 bridgehead atoms. The molecule has 0 aromatic heterocycles. The number of rotatable bonds is 2. The maximum Gasteiger partial charge on any atom is 0.407 e. The minimum Gasteiger partial charge on any atom is -0.465 e. The lowest BCUT2D eigenvalue weighted by Crippen LogP contribution is -2.50. The number of epoxide rings is 1. The van der Waals surface area contributed by atoms with Crippen molar-refractivity contribution in [3.63, 3.8) is 0 Å². The molecule has 0 radical (unpaired) electrons. The molecule has 0 aromatic carbocycles. The molecule has 2 heterocycles. The molecule has 2 fully saturated rings. The van der Waals surface area contributed by atoms with Crippen LogP contribution in [-0.2, 0) is 4.74 Å². The summed E-state index contributed by atoms with van der Waals surface area (Å²) in [6, 6.07) is 0. The Morgan fingerprint density at radius 2 is 2.00 bits per heavy atom. The van der Waals surface area contributed by atoms with Crippen LogP contribution in [0.3, 0.4) is 0 Å². The first-order valence-corrected chi connectivity index (χ1v) is 4.93. The predicted octanol–water partition coefficient (Wildman–Crippen LogP) is 0.0709. The Hall–Kier alpha value is -0.810. The molecule has 14 heavy (non-hydrogen) atoms. The van der Waals surface area contributed by atoms with E-state index < -0.39 is 6.09 Å². The molecule has 2 saturated heterocycles. The Morgan fingerprint density at radius 1 is 1.43 bits per heavy atom. The van der Waals surface area contributed by atoms with Crippen LogP contribution in [0.4, 0.5) is 4.79 Å². The first-order chi connectivity index (χ1) is 6.59. The Labute approximate surface area is 83.2 Å². The highest BCUT2D eigenvalue weighted by atomic mass is 16.6. The molecule has 1 unspecified atom stereocenters. The number of carbonyl (C=O) groups is 1. The monoisotopic (exact) mass is 200 g/mol. The summed E-state index contributed by atoms with van der Waals surface area (Å²) in [6.07, 6.45) is -0.807. The van der Waals surface area contributed by atoms with Crippen molar-refractivity contribution in [2.75, 3.05) is 39.3 Å². The summed E-state index contributed by atoms with van der Waals surface area (Å²) in [4.78, 5) is 14.4. The van der Waals surface area contributed by atoms with Gasteiger partial charge in [0.05, 0.1) is 6.61 Å². The molecule has 2 aliphatic heterocycles. The van der Waals surface area contributed by atoms with E-state index in [9.17, 15) is 4.79 Å². The second kappa shape index (κ2) is 3.40. The van der Waals surface area contributed by atoms with Crippen LogP contribution < -0.4 is 0 Å².